The monoisotopic (exact) mass is 309 g/mol. The van der Waals surface area contributed by atoms with Crippen LogP contribution in [0.1, 0.15) is 31.9 Å². The zero-order valence-corrected chi connectivity index (χ0v) is 12.0. The fourth-order valence-corrected chi connectivity index (χ4v) is 1.69. The van der Waals surface area contributed by atoms with Crippen molar-refractivity contribution in [3.05, 3.63) is 29.3 Å². The van der Waals surface area contributed by atoms with E-state index in [0.29, 0.717) is 0 Å². The lowest BCUT2D eigenvalue weighted by Gasteiger charge is -2.20. The standard InChI is InChI=1S/C13H15ClF3NO2/c1-12(2,3)20-11(19)18-9-5-4-8(7-14)10(6-9)13(15,16)17/h4-6H,7H2,1-3H3,(H,18,19). The summed E-state index contributed by atoms with van der Waals surface area (Å²) >= 11 is 5.47. The number of benzene rings is 1. The Morgan fingerprint density at radius 3 is 2.35 bits per heavy atom. The zero-order chi connectivity index (χ0) is 15.6. The smallest absolute Gasteiger partial charge is 0.416 e. The second-order valence-corrected chi connectivity index (χ2v) is 5.40. The summed E-state index contributed by atoms with van der Waals surface area (Å²) in [5.74, 6) is -0.262. The first-order valence-corrected chi connectivity index (χ1v) is 6.32. The first-order valence-electron chi connectivity index (χ1n) is 5.79. The molecule has 0 fully saturated rings. The van der Waals surface area contributed by atoms with E-state index in [-0.39, 0.29) is 17.1 Å². The number of anilines is 1. The predicted octanol–water partition coefficient (Wildman–Crippen LogP) is 4.79. The fraction of sp³-hybridized carbons (Fsp3) is 0.462. The molecular weight excluding hydrogens is 295 g/mol. The highest BCUT2D eigenvalue weighted by molar-refractivity contribution is 6.17. The first kappa shape index (κ1) is 16.6. The molecular formula is C13H15ClF3NO2. The molecule has 7 heteroatoms. The number of alkyl halides is 4. The summed E-state index contributed by atoms with van der Waals surface area (Å²) in [6.45, 7) is 4.97. The summed E-state index contributed by atoms with van der Waals surface area (Å²) in [5.41, 5.74) is -1.65. The van der Waals surface area contributed by atoms with Gasteiger partial charge in [-0.3, -0.25) is 5.32 Å². The predicted molar refractivity (Wildman–Crippen MR) is 70.9 cm³/mol. The van der Waals surface area contributed by atoms with Gasteiger partial charge in [-0.15, -0.1) is 11.6 Å². The van der Waals surface area contributed by atoms with E-state index in [0.717, 1.165) is 6.07 Å². The summed E-state index contributed by atoms with van der Waals surface area (Å²) in [6, 6.07) is 3.40. The topological polar surface area (TPSA) is 38.3 Å². The number of carbonyl (C=O) groups excluding carboxylic acids is 1. The maximum atomic E-state index is 12.8. The molecule has 0 aliphatic rings. The van der Waals surface area contributed by atoms with Crippen LogP contribution in [-0.4, -0.2) is 11.7 Å². The molecule has 112 valence electrons. The van der Waals surface area contributed by atoms with Crippen LogP contribution in [0.15, 0.2) is 18.2 Å². The zero-order valence-electron chi connectivity index (χ0n) is 11.3. The summed E-state index contributed by atoms with van der Waals surface area (Å²) in [5, 5.41) is 2.26. The molecule has 0 atom stereocenters. The highest BCUT2D eigenvalue weighted by Gasteiger charge is 2.33. The van der Waals surface area contributed by atoms with Crippen LogP contribution >= 0.6 is 11.6 Å². The normalized spacial score (nSPS) is 12.2. The van der Waals surface area contributed by atoms with Crippen molar-refractivity contribution in [2.45, 2.75) is 38.4 Å². The molecule has 0 aliphatic heterocycles. The average Bonchev–Trinajstić information content (AvgIpc) is 2.25. The largest absolute Gasteiger partial charge is 0.444 e. The second kappa shape index (κ2) is 5.91. The Bertz CT molecular complexity index is 495. The van der Waals surface area contributed by atoms with Crippen LogP contribution < -0.4 is 5.32 Å². The Labute approximate surface area is 120 Å². The number of halogens is 4. The molecule has 0 heterocycles. The van der Waals surface area contributed by atoms with Gasteiger partial charge in [0.05, 0.1) is 5.56 Å². The van der Waals surface area contributed by atoms with Gasteiger partial charge in [0, 0.05) is 11.6 Å². The van der Waals surface area contributed by atoms with Crippen LogP contribution in [0.3, 0.4) is 0 Å². The number of hydrogen-bond acceptors (Lipinski definition) is 2. The van der Waals surface area contributed by atoms with Crippen LogP contribution in [0, 0.1) is 0 Å². The van der Waals surface area contributed by atoms with Crippen molar-refractivity contribution < 1.29 is 22.7 Å². The number of ether oxygens (including phenoxy) is 1. The Morgan fingerprint density at radius 1 is 1.30 bits per heavy atom. The quantitative estimate of drug-likeness (QED) is 0.798. The van der Waals surface area contributed by atoms with Crippen LogP contribution in [-0.2, 0) is 16.8 Å². The maximum Gasteiger partial charge on any atom is 0.416 e. The lowest BCUT2D eigenvalue weighted by Crippen LogP contribution is -2.27. The molecule has 0 bridgehead atoms. The summed E-state index contributed by atoms with van der Waals surface area (Å²) in [6.07, 6.45) is -5.35. The Hall–Kier alpha value is -1.43. The average molecular weight is 310 g/mol. The van der Waals surface area contributed by atoms with Crippen molar-refractivity contribution >= 4 is 23.4 Å². The van der Waals surface area contributed by atoms with Crippen molar-refractivity contribution in [1.82, 2.24) is 0 Å². The van der Waals surface area contributed by atoms with Gasteiger partial charge < -0.3 is 4.74 Å². The minimum absolute atomic E-state index is 0.000409. The third-order valence-corrected chi connectivity index (χ3v) is 2.49. The Balaban J connectivity index is 2.96. The molecule has 0 saturated heterocycles. The molecule has 0 aromatic heterocycles. The van der Waals surface area contributed by atoms with Gasteiger partial charge in [-0.2, -0.15) is 13.2 Å². The van der Waals surface area contributed by atoms with E-state index in [1.165, 1.54) is 12.1 Å². The lowest BCUT2D eigenvalue weighted by molar-refractivity contribution is -0.138. The maximum absolute atomic E-state index is 12.8. The molecule has 0 spiro atoms. The second-order valence-electron chi connectivity index (χ2n) is 5.13. The highest BCUT2D eigenvalue weighted by atomic mass is 35.5. The Morgan fingerprint density at radius 2 is 1.90 bits per heavy atom. The van der Waals surface area contributed by atoms with Crippen LogP contribution in [0.5, 0.6) is 0 Å². The van der Waals surface area contributed by atoms with Gasteiger partial charge in [0.2, 0.25) is 0 Å². The van der Waals surface area contributed by atoms with Gasteiger partial charge in [0.1, 0.15) is 5.60 Å². The molecule has 0 unspecified atom stereocenters. The SMILES string of the molecule is CC(C)(C)OC(=O)Nc1ccc(CCl)c(C(F)(F)F)c1. The van der Waals surface area contributed by atoms with Gasteiger partial charge >= 0.3 is 12.3 Å². The summed E-state index contributed by atoms with van der Waals surface area (Å²) < 4.78 is 43.4. The molecule has 1 aromatic carbocycles. The summed E-state index contributed by atoms with van der Waals surface area (Å²) in [7, 11) is 0. The van der Waals surface area contributed by atoms with Gasteiger partial charge in [-0.25, -0.2) is 4.79 Å². The number of rotatable bonds is 2. The van der Waals surface area contributed by atoms with E-state index in [9.17, 15) is 18.0 Å². The molecule has 0 saturated carbocycles. The minimum Gasteiger partial charge on any atom is -0.444 e. The van der Waals surface area contributed by atoms with Crippen molar-refractivity contribution in [3.8, 4) is 0 Å². The lowest BCUT2D eigenvalue weighted by atomic mass is 10.1. The van der Waals surface area contributed by atoms with Gasteiger partial charge in [-0.1, -0.05) is 6.07 Å². The number of hydrogen-bond donors (Lipinski definition) is 1. The Kier molecular flexibility index (Phi) is 4.91. The van der Waals surface area contributed by atoms with E-state index in [1.807, 2.05) is 0 Å². The van der Waals surface area contributed by atoms with Crippen LogP contribution in [0.4, 0.5) is 23.7 Å². The van der Waals surface area contributed by atoms with Gasteiger partial charge in [0.15, 0.2) is 0 Å². The number of carbonyl (C=O) groups is 1. The third-order valence-electron chi connectivity index (χ3n) is 2.20. The number of nitrogens with one attached hydrogen (secondary N) is 1. The van der Waals surface area contributed by atoms with Crippen LogP contribution in [0.2, 0.25) is 0 Å². The van der Waals surface area contributed by atoms with Crippen molar-refractivity contribution in [1.29, 1.82) is 0 Å². The van der Waals surface area contributed by atoms with E-state index in [1.54, 1.807) is 20.8 Å². The molecule has 1 rings (SSSR count). The molecule has 20 heavy (non-hydrogen) atoms. The molecule has 0 aliphatic carbocycles. The molecule has 1 amide bonds. The van der Waals surface area contributed by atoms with E-state index >= 15 is 0 Å². The highest BCUT2D eigenvalue weighted by Crippen LogP contribution is 2.34. The van der Waals surface area contributed by atoms with E-state index in [2.05, 4.69) is 5.32 Å². The van der Waals surface area contributed by atoms with E-state index in [4.69, 9.17) is 16.3 Å². The van der Waals surface area contributed by atoms with Crippen molar-refractivity contribution in [2.24, 2.45) is 0 Å². The van der Waals surface area contributed by atoms with Crippen molar-refractivity contribution in [3.63, 3.8) is 0 Å². The molecule has 1 N–H and O–H groups in total. The summed E-state index contributed by atoms with van der Waals surface area (Å²) in [4.78, 5) is 11.5. The van der Waals surface area contributed by atoms with Gasteiger partial charge in [-0.05, 0) is 38.5 Å². The first-order chi connectivity index (χ1) is 9.03. The fourth-order valence-electron chi connectivity index (χ4n) is 1.46. The van der Waals surface area contributed by atoms with Crippen LogP contribution in [0.25, 0.3) is 0 Å². The van der Waals surface area contributed by atoms with Crippen molar-refractivity contribution in [2.75, 3.05) is 5.32 Å². The molecule has 1 aromatic rings. The molecule has 0 radical (unpaired) electrons. The minimum atomic E-state index is -4.53. The van der Waals surface area contributed by atoms with E-state index < -0.39 is 23.4 Å². The third kappa shape index (κ3) is 4.92. The molecule has 3 nitrogen and oxygen atoms in total. The number of amides is 1. The van der Waals surface area contributed by atoms with Gasteiger partial charge in [0.25, 0.3) is 0 Å².